The topological polar surface area (TPSA) is 77.7 Å². The van der Waals surface area contributed by atoms with Gasteiger partial charge in [-0.2, -0.15) is 0 Å². The zero-order valence-electron chi connectivity index (χ0n) is 24.6. The maximum atomic E-state index is 14.6. The molecular formula is C34H36Cl2N4O3S. The van der Waals surface area contributed by atoms with Gasteiger partial charge in [0.25, 0.3) is 0 Å². The first kappa shape index (κ1) is 31.0. The van der Waals surface area contributed by atoms with Crippen LogP contribution in [0.4, 0.5) is 0 Å². The number of rotatable bonds is 10. The van der Waals surface area contributed by atoms with Crippen molar-refractivity contribution in [2.24, 2.45) is 0 Å². The number of thioether (sulfide) groups is 1. The van der Waals surface area contributed by atoms with Gasteiger partial charge in [-0.3, -0.25) is 14.5 Å². The van der Waals surface area contributed by atoms with E-state index in [1.807, 2.05) is 90.8 Å². The van der Waals surface area contributed by atoms with Gasteiger partial charge in [0.2, 0.25) is 11.8 Å². The van der Waals surface area contributed by atoms with Crippen molar-refractivity contribution in [2.45, 2.75) is 41.5 Å². The molecule has 44 heavy (non-hydrogen) atoms. The molecule has 4 aromatic rings. The third-order valence-corrected chi connectivity index (χ3v) is 10.5. The number of ether oxygens (including phenoxy) is 1. The van der Waals surface area contributed by atoms with Crippen molar-refractivity contribution in [2.75, 3.05) is 39.4 Å². The third kappa shape index (κ3) is 6.37. The van der Waals surface area contributed by atoms with E-state index in [9.17, 15) is 9.59 Å². The molecule has 7 nitrogen and oxygen atoms in total. The van der Waals surface area contributed by atoms with Crippen LogP contribution < -0.4 is 5.32 Å². The first-order valence-corrected chi connectivity index (χ1v) is 16.6. The van der Waals surface area contributed by atoms with Crippen LogP contribution in [0.2, 0.25) is 10.0 Å². The molecular weight excluding hydrogens is 615 g/mol. The van der Waals surface area contributed by atoms with Crippen LogP contribution in [0.5, 0.6) is 0 Å². The Kier molecular flexibility index (Phi) is 9.54. The number of H-pyrrole nitrogens is 1. The number of nitrogens with one attached hydrogen (secondary N) is 2. The zero-order valence-corrected chi connectivity index (χ0v) is 26.9. The Morgan fingerprint density at radius 2 is 1.80 bits per heavy atom. The Bertz CT molecular complexity index is 1610. The summed E-state index contributed by atoms with van der Waals surface area (Å²) >= 11 is 14.0. The van der Waals surface area contributed by atoms with Gasteiger partial charge < -0.3 is 19.9 Å². The number of halogens is 2. The molecule has 10 heteroatoms. The number of morpholine rings is 1. The van der Waals surface area contributed by atoms with Crippen LogP contribution in [0.25, 0.3) is 10.9 Å². The van der Waals surface area contributed by atoms with Gasteiger partial charge >= 0.3 is 0 Å². The molecule has 2 N–H and O–H groups in total. The van der Waals surface area contributed by atoms with Crippen LogP contribution in [-0.2, 0) is 14.3 Å². The van der Waals surface area contributed by atoms with E-state index in [2.05, 4.69) is 15.2 Å². The number of likely N-dealkylation sites (tertiary alicyclic amines) is 1. The number of hydrogen-bond donors (Lipinski definition) is 2. The van der Waals surface area contributed by atoms with E-state index in [-0.39, 0.29) is 24.3 Å². The van der Waals surface area contributed by atoms with Crippen molar-refractivity contribution in [3.05, 3.63) is 100 Å². The summed E-state index contributed by atoms with van der Waals surface area (Å²) in [7, 11) is 0. The Labute approximate surface area is 272 Å². The summed E-state index contributed by atoms with van der Waals surface area (Å²) < 4.78 is 4.34. The molecule has 3 atom stereocenters. The van der Waals surface area contributed by atoms with E-state index in [0.717, 1.165) is 66.2 Å². The standard InChI is InChI=1S/C34H36Cl2N4O3S/c1-23(24-8-10-25(35)11-9-24)40-31(41)21-34(44-27-6-3-2-4-7-27,33(42)37-14-5-15-39-16-18-43-19-17-39)32(40)29-22-38-30-20-26(36)12-13-28(29)30/h2-4,6-13,20,22-23,32,38H,5,14-19,21H2,1H3,(H,37,42)/t23-,32-,34-/m0/s1. The number of aromatic nitrogens is 1. The molecule has 2 aliphatic rings. The fourth-order valence-electron chi connectivity index (χ4n) is 6.39. The van der Waals surface area contributed by atoms with Gasteiger partial charge in [0.15, 0.2) is 0 Å². The van der Waals surface area contributed by atoms with E-state index in [0.29, 0.717) is 16.6 Å². The first-order chi connectivity index (χ1) is 21.4. The van der Waals surface area contributed by atoms with E-state index in [4.69, 9.17) is 27.9 Å². The molecule has 2 aliphatic heterocycles. The average molecular weight is 652 g/mol. The van der Waals surface area contributed by atoms with E-state index in [1.54, 1.807) is 0 Å². The second-order valence-corrected chi connectivity index (χ2v) is 13.7. The smallest absolute Gasteiger partial charge is 0.239 e. The van der Waals surface area contributed by atoms with Crippen LogP contribution in [0.1, 0.15) is 43.0 Å². The summed E-state index contributed by atoms with van der Waals surface area (Å²) in [5.74, 6) is -0.214. The maximum absolute atomic E-state index is 14.6. The molecule has 2 fully saturated rings. The highest BCUT2D eigenvalue weighted by Gasteiger charge is 2.59. The predicted molar refractivity (Wildman–Crippen MR) is 177 cm³/mol. The molecule has 2 saturated heterocycles. The van der Waals surface area contributed by atoms with Gasteiger partial charge in [0.05, 0.1) is 31.7 Å². The molecule has 0 bridgehead atoms. The zero-order chi connectivity index (χ0) is 30.7. The van der Waals surface area contributed by atoms with Crippen molar-refractivity contribution in [1.29, 1.82) is 0 Å². The van der Waals surface area contributed by atoms with Gasteiger partial charge in [0, 0.05) is 57.2 Å². The summed E-state index contributed by atoms with van der Waals surface area (Å²) in [6.07, 6.45) is 2.80. The van der Waals surface area contributed by atoms with Gasteiger partial charge in [-0.25, -0.2) is 0 Å². The summed E-state index contributed by atoms with van der Waals surface area (Å²) in [5, 5.41) is 5.43. The SMILES string of the molecule is C[C@@H](c1ccc(Cl)cc1)N1C(=O)C[C@@](Sc2ccccc2)(C(=O)NCCCN2CCOCC2)[C@@H]1c1c[nH]c2cc(Cl)ccc12. The average Bonchev–Trinajstić information content (AvgIpc) is 3.57. The number of fused-ring (bicyclic) bond motifs is 1. The van der Waals surface area contributed by atoms with Crippen LogP contribution >= 0.6 is 35.0 Å². The first-order valence-electron chi connectivity index (χ1n) is 15.0. The largest absolute Gasteiger partial charge is 0.379 e. The molecule has 3 aromatic carbocycles. The molecule has 6 rings (SSSR count). The molecule has 1 aromatic heterocycles. The van der Waals surface area contributed by atoms with E-state index < -0.39 is 10.8 Å². The monoisotopic (exact) mass is 650 g/mol. The quantitative estimate of drug-likeness (QED) is 0.183. The van der Waals surface area contributed by atoms with Gasteiger partial charge in [0.1, 0.15) is 4.75 Å². The number of carbonyl (C=O) groups is 2. The molecule has 0 aliphatic carbocycles. The second-order valence-electron chi connectivity index (χ2n) is 11.4. The summed E-state index contributed by atoms with van der Waals surface area (Å²) in [5.41, 5.74) is 2.69. The lowest BCUT2D eigenvalue weighted by Crippen LogP contribution is -2.49. The number of amides is 2. The number of hydrogen-bond acceptors (Lipinski definition) is 5. The highest BCUT2D eigenvalue weighted by molar-refractivity contribution is 8.01. The number of nitrogens with zero attached hydrogens (tertiary/aromatic N) is 2. The predicted octanol–water partition coefficient (Wildman–Crippen LogP) is 6.88. The number of benzene rings is 3. The fourth-order valence-corrected chi connectivity index (χ4v) is 8.12. The minimum atomic E-state index is -1.13. The van der Waals surface area contributed by atoms with E-state index >= 15 is 0 Å². The molecule has 230 valence electrons. The second kappa shape index (κ2) is 13.5. The van der Waals surface area contributed by atoms with Crippen LogP contribution in [0.3, 0.4) is 0 Å². The van der Waals surface area contributed by atoms with E-state index in [1.165, 1.54) is 11.8 Å². The van der Waals surface area contributed by atoms with Crippen molar-refractivity contribution < 1.29 is 14.3 Å². The number of carbonyl (C=O) groups excluding carboxylic acids is 2. The molecule has 0 saturated carbocycles. The lowest BCUT2D eigenvalue weighted by Gasteiger charge is -2.39. The van der Waals surface area contributed by atoms with Crippen LogP contribution in [0.15, 0.2) is 83.9 Å². The summed E-state index contributed by atoms with van der Waals surface area (Å²) in [4.78, 5) is 37.4. The van der Waals surface area contributed by atoms with Crippen LogP contribution in [-0.4, -0.2) is 70.7 Å². The fraction of sp³-hybridized carbons (Fsp3) is 0.353. The Hall–Kier alpha value is -3.01. The minimum Gasteiger partial charge on any atom is -0.379 e. The Morgan fingerprint density at radius 1 is 1.07 bits per heavy atom. The highest BCUT2D eigenvalue weighted by Crippen LogP contribution is 2.56. The molecule has 3 heterocycles. The van der Waals surface area contributed by atoms with Crippen molar-refractivity contribution in [1.82, 2.24) is 20.1 Å². The molecule has 0 radical (unpaired) electrons. The van der Waals surface area contributed by atoms with Gasteiger partial charge in [-0.15, -0.1) is 11.8 Å². The molecule has 2 amide bonds. The van der Waals surface area contributed by atoms with Gasteiger partial charge in [-0.05, 0) is 61.9 Å². The lowest BCUT2D eigenvalue weighted by molar-refractivity contribution is -0.131. The van der Waals surface area contributed by atoms with Crippen molar-refractivity contribution in [3.8, 4) is 0 Å². The molecule has 0 unspecified atom stereocenters. The summed E-state index contributed by atoms with van der Waals surface area (Å²) in [6.45, 7) is 6.71. The number of aromatic amines is 1. The Balaban J connectivity index is 1.41. The van der Waals surface area contributed by atoms with Crippen LogP contribution in [0, 0.1) is 0 Å². The van der Waals surface area contributed by atoms with Crippen molar-refractivity contribution >= 4 is 57.7 Å². The highest BCUT2D eigenvalue weighted by atomic mass is 35.5. The van der Waals surface area contributed by atoms with Crippen molar-refractivity contribution in [3.63, 3.8) is 0 Å². The normalized spacial score (nSPS) is 21.6. The lowest BCUT2D eigenvalue weighted by atomic mass is 9.90. The molecule has 0 spiro atoms. The summed E-state index contributed by atoms with van der Waals surface area (Å²) in [6, 6.07) is 22.3. The Morgan fingerprint density at radius 3 is 2.55 bits per heavy atom. The van der Waals surface area contributed by atoms with Gasteiger partial charge in [-0.1, -0.05) is 59.6 Å². The third-order valence-electron chi connectivity index (χ3n) is 8.63. The maximum Gasteiger partial charge on any atom is 0.239 e. The minimum absolute atomic E-state index is 0.0602.